The molecule has 34 heavy (non-hydrogen) atoms. The molecule has 0 aliphatic heterocycles. The lowest BCUT2D eigenvalue weighted by Crippen LogP contribution is -2.32. The quantitative estimate of drug-likeness (QED) is 0.188. The van der Waals surface area contributed by atoms with Crippen molar-refractivity contribution >= 4 is 62.5 Å². The lowest BCUT2D eigenvalue weighted by molar-refractivity contribution is -0.384. The molecule has 0 radical (unpaired) electrons. The molecule has 1 heterocycles. The number of halogens is 2. The van der Waals surface area contributed by atoms with Crippen molar-refractivity contribution < 1.29 is 14.5 Å². The SMILES string of the molecule is CC(C)[C@H](NC(=O)c1cccc([N+](=O)[O-])c1)c1nc(SCC(=O)Nc2ccc(Cl)c(Br)c2)n[nH]1. The molecule has 3 N–H and O–H groups in total. The number of carbonyl (C=O) groups excluding carboxylic acids is 2. The molecule has 2 aromatic carbocycles. The number of nitro benzene ring substituents is 1. The summed E-state index contributed by atoms with van der Waals surface area (Å²) < 4.78 is 0.671. The molecule has 178 valence electrons. The highest BCUT2D eigenvalue weighted by Crippen LogP contribution is 2.26. The first-order chi connectivity index (χ1) is 16.1. The van der Waals surface area contributed by atoms with Crippen molar-refractivity contribution in [3.63, 3.8) is 0 Å². The number of rotatable bonds is 9. The molecule has 13 heteroatoms. The highest BCUT2D eigenvalue weighted by atomic mass is 79.9. The average molecular weight is 568 g/mol. The molecule has 1 aromatic heterocycles. The first-order valence-corrected chi connectivity index (χ1v) is 12.1. The number of H-pyrrole nitrogens is 1. The third-order valence-electron chi connectivity index (χ3n) is 4.58. The monoisotopic (exact) mass is 566 g/mol. The second kappa shape index (κ2) is 11.4. The molecule has 0 saturated heterocycles. The van der Waals surface area contributed by atoms with E-state index in [1.54, 1.807) is 18.2 Å². The van der Waals surface area contributed by atoms with Gasteiger partial charge in [0.1, 0.15) is 5.82 Å². The zero-order valence-electron chi connectivity index (χ0n) is 18.0. The predicted molar refractivity (Wildman–Crippen MR) is 133 cm³/mol. The Morgan fingerprint density at radius 3 is 2.71 bits per heavy atom. The Balaban J connectivity index is 1.62. The predicted octanol–water partition coefficient (Wildman–Crippen LogP) is 4.99. The van der Waals surface area contributed by atoms with Gasteiger partial charge in [0.05, 0.1) is 21.7 Å². The van der Waals surface area contributed by atoms with E-state index in [1.165, 1.54) is 24.3 Å². The van der Waals surface area contributed by atoms with Crippen LogP contribution >= 0.6 is 39.3 Å². The second-order valence-corrected chi connectivity index (χ2v) is 9.68. The van der Waals surface area contributed by atoms with E-state index in [-0.39, 0.29) is 28.8 Å². The summed E-state index contributed by atoms with van der Waals surface area (Å²) in [5.74, 6) is -0.283. The normalized spacial score (nSPS) is 11.8. The maximum atomic E-state index is 12.7. The molecule has 0 bridgehead atoms. The van der Waals surface area contributed by atoms with Crippen molar-refractivity contribution in [1.82, 2.24) is 20.5 Å². The van der Waals surface area contributed by atoms with Crippen molar-refractivity contribution in [2.24, 2.45) is 5.92 Å². The molecule has 0 unspecified atom stereocenters. The van der Waals surface area contributed by atoms with Crippen molar-refractivity contribution in [2.75, 3.05) is 11.1 Å². The van der Waals surface area contributed by atoms with Crippen LogP contribution in [-0.4, -0.2) is 37.7 Å². The summed E-state index contributed by atoms with van der Waals surface area (Å²) in [6.07, 6.45) is 0. The van der Waals surface area contributed by atoms with E-state index in [4.69, 9.17) is 11.6 Å². The van der Waals surface area contributed by atoms with Gasteiger partial charge in [-0.05, 0) is 46.1 Å². The van der Waals surface area contributed by atoms with Crippen LogP contribution in [0.15, 0.2) is 52.1 Å². The molecule has 0 fully saturated rings. The van der Waals surface area contributed by atoms with E-state index in [0.29, 0.717) is 26.2 Å². The Kier molecular flexibility index (Phi) is 8.64. The minimum atomic E-state index is -0.557. The van der Waals surface area contributed by atoms with Gasteiger partial charge in [-0.25, -0.2) is 4.98 Å². The fourth-order valence-corrected chi connectivity index (χ4v) is 4.00. The summed E-state index contributed by atoms with van der Waals surface area (Å²) in [4.78, 5) is 39.8. The molecule has 0 spiro atoms. The van der Waals surface area contributed by atoms with Crippen LogP contribution in [0.1, 0.15) is 36.1 Å². The number of hydrogen-bond acceptors (Lipinski definition) is 7. The second-order valence-electron chi connectivity index (χ2n) is 7.47. The van der Waals surface area contributed by atoms with Crippen LogP contribution in [-0.2, 0) is 4.79 Å². The molecule has 3 rings (SSSR count). The van der Waals surface area contributed by atoms with Gasteiger partial charge in [-0.1, -0.05) is 43.3 Å². The summed E-state index contributed by atoms with van der Waals surface area (Å²) in [5.41, 5.74) is 0.595. The molecule has 2 amide bonds. The summed E-state index contributed by atoms with van der Waals surface area (Å²) in [6.45, 7) is 3.79. The highest BCUT2D eigenvalue weighted by molar-refractivity contribution is 9.10. The van der Waals surface area contributed by atoms with Crippen LogP contribution in [0, 0.1) is 16.0 Å². The molecule has 3 aromatic rings. The van der Waals surface area contributed by atoms with Crippen molar-refractivity contribution in [1.29, 1.82) is 0 Å². The number of aromatic nitrogens is 3. The van der Waals surface area contributed by atoms with E-state index in [0.717, 1.165) is 11.8 Å². The molecule has 1 atom stereocenters. The minimum Gasteiger partial charge on any atom is -0.342 e. The minimum absolute atomic E-state index is 0.0555. The Labute approximate surface area is 212 Å². The summed E-state index contributed by atoms with van der Waals surface area (Å²) >= 11 is 10.4. The fraction of sp³-hybridized carbons (Fsp3) is 0.238. The Morgan fingerprint density at radius 2 is 2.03 bits per heavy atom. The fourth-order valence-electron chi connectivity index (χ4n) is 2.90. The average Bonchev–Trinajstić information content (AvgIpc) is 3.27. The van der Waals surface area contributed by atoms with Crippen LogP contribution in [0.5, 0.6) is 0 Å². The lowest BCUT2D eigenvalue weighted by Gasteiger charge is -2.19. The molecule has 0 aliphatic rings. The van der Waals surface area contributed by atoms with Gasteiger partial charge in [-0.2, -0.15) is 0 Å². The van der Waals surface area contributed by atoms with Crippen molar-refractivity contribution in [3.8, 4) is 0 Å². The van der Waals surface area contributed by atoms with Crippen LogP contribution in [0.3, 0.4) is 0 Å². The summed E-state index contributed by atoms with van der Waals surface area (Å²) in [6, 6.07) is 10.0. The van der Waals surface area contributed by atoms with Crippen LogP contribution in [0.2, 0.25) is 5.02 Å². The van der Waals surface area contributed by atoms with Crippen molar-refractivity contribution in [2.45, 2.75) is 25.0 Å². The van der Waals surface area contributed by atoms with Gasteiger partial charge >= 0.3 is 0 Å². The zero-order chi connectivity index (χ0) is 24.8. The van der Waals surface area contributed by atoms with E-state index in [1.807, 2.05) is 13.8 Å². The third-order valence-corrected chi connectivity index (χ3v) is 6.65. The highest BCUT2D eigenvalue weighted by Gasteiger charge is 2.24. The number of amides is 2. The Morgan fingerprint density at radius 1 is 1.26 bits per heavy atom. The Bertz CT molecular complexity index is 1220. The van der Waals surface area contributed by atoms with Gasteiger partial charge < -0.3 is 10.6 Å². The van der Waals surface area contributed by atoms with Gasteiger partial charge in [0, 0.05) is 27.9 Å². The molecular formula is C21H20BrClN6O4S. The standard InChI is InChI=1S/C21H20BrClN6O4S/c1-11(2)18(25-20(31)12-4-3-5-14(8-12)29(32)33)19-26-21(28-27-19)34-10-17(30)24-13-6-7-16(23)15(22)9-13/h3-9,11,18H,10H2,1-2H3,(H,24,30)(H,25,31)(H,26,27,28)/t18-/m0/s1. The summed E-state index contributed by atoms with van der Waals surface area (Å²) in [5, 5.41) is 24.4. The van der Waals surface area contributed by atoms with Gasteiger partial charge in [0.25, 0.3) is 11.6 Å². The zero-order valence-corrected chi connectivity index (χ0v) is 21.2. The number of benzene rings is 2. The number of aromatic amines is 1. The first kappa shape index (κ1) is 25.7. The topological polar surface area (TPSA) is 143 Å². The van der Waals surface area contributed by atoms with Crippen molar-refractivity contribution in [3.05, 3.63) is 73.5 Å². The lowest BCUT2D eigenvalue weighted by atomic mass is 10.0. The van der Waals surface area contributed by atoms with Gasteiger partial charge in [0.15, 0.2) is 0 Å². The number of nitro groups is 1. The number of hydrogen-bond donors (Lipinski definition) is 3. The van der Waals surface area contributed by atoms with Gasteiger partial charge in [-0.3, -0.25) is 24.8 Å². The first-order valence-electron chi connectivity index (χ1n) is 9.99. The van der Waals surface area contributed by atoms with Crippen LogP contribution in [0.4, 0.5) is 11.4 Å². The van der Waals surface area contributed by atoms with E-state index < -0.39 is 16.9 Å². The summed E-state index contributed by atoms with van der Waals surface area (Å²) in [7, 11) is 0. The van der Waals surface area contributed by atoms with Gasteiger partial charge in [0.2, 0.25) is 11.1 Å². The van der Waals surface area contributed by atoms with E-state index in [9.17, 15) is 19.7 Å². The molecule has 0 saturated carbocycles. The number of carbonyl (C=O) groups is 2. The smallest absolute Gasteiger partial charge is 0.270 e. The van der Waals surface area contributed by atoms with E-state index >= 15 is 0 Å². The number of nitrogens with zero attached hydrogens (tertiary/aromatic N) is 3. The Hall–Kier alpha value is -2.96. The number of non-ortho nitro benzene ring substituents is 1. The molecular weight excluding hydrogens is 548 g/mol. The number of anilines is 1. The van der Waals surface area contributed by atoms with Gasteiger partial charge in [-0.15, -0.1) is 5.10 Å². The van der Waals surface area contributed by atoms with E-state index in [2.05, 4.69) is 41.7 Å². The van der Waals surface area contributed by atoms with Crippen LogP contribution < -0.4 is 10.6 Å². The number of nitrogens with one attached hydrogen (secondary N) is 3. The molecule has 10 nitrogen and oxygen atoms in total. The maximum Gasteiger partial charge on any atom is 0.270 e. The largest absolute Gasteiger partial charge is 0.342 e. The molecule has 0 aliphatic carbocycles. The third kappa shape index (κ3) is 6.78. The van der Waals surface area contributed by atoms with Crippen LogP contribution in [0.25, 0.3) is 0 Å². The number of thioether (sulfide) groups is 1. The maximum absolute atomic E-state index is 12.7.